The summed E-state index contributed by atoms with van der Waals surface area (Å²) in [5, 5.41) is 3.45. The van der Waals surface area contributed by atoms with Crippen molar-refractivity contribution in [2.24, 2.45) is 0 Å². The van der Waals surface area contributed by atoms with Crippen molar-refractivity contribution in [3.63, 3.8) is 0 Å². The average Bonchev–Trinajstić information content (AvgIpc) is 2.58. The van der Waals surface area contributed by atoms with Crippen LogP contribution >= 0.6 is 11.6 Å². The number of carbonyl (C=O) groups is 1. The summed E-state index contributed by atoms with van der Waals surface area (Å²) >= 11 is 5.80. The van der Waals surface area contributed by atoms with Crippen molar-refractivity contribution in [2.75, 3.05) is 19.8 Å². The molecule has 120 valence electrons. The lowest BCUT2D eigenvalue weighted by atomic mass is 10.2. The van der Waals surface area contributed by atoms with Gasteiger partial charge in [0, 0.05) is 10.6 Å². The van der Waals surface area contributed by atoms with Crippen molar-refractivity contribution in [1.82, 2.24) is 5.32 Å². The Hall–Kier alpha value is -2.46. The van der Waals surface area contributed by atoms with E-state index < -0.39 is 0 Å². The van der Waals surface area contributed by atoms with Crippen LogP contribution in [0, 0.1) is 0 Å². The summed E-state index contributed by atoms with van der Waals surface area (Å²) in [6.07, 6.45) is 1.67. The molecular formula is C18H18ClNO3. The molecule has 0 aliphatic heterocycles. The van der Waals surface area contributed by atoms with Gasteiger partial charge in [-0.25, -0.2) is 0 Å². The lowest BCUT2D eigenvalue weighted by Gasteiger charge is -2.08. The fourth-order valence-corrected chi connectivity index (χ4v) is 1.95. The smallest absolute Gasteiger partial charge is 0.251 e. The van der Waals surface area contributed by atoms with Gasteiger partial charge in [0.15, 0.2) is 0 Å². The highest BCUT2D eigenvalue weighted by atomic mass is 35.5. The third-order valence-corrected chi connectivity index (χ3v) is 3.21. The summed E-state index contributed by atoms with van der Waals surface area (Å²) in [7, 11) is 0. The maximum Gasteiger partial charge on any atom is 0.251 e. The molecular weight excluding hydrogens is 314 g/mol. The summed E-state index contributed by atoms with van der Waals surface area (Å²) in [5.74, 6) is 1.26. The van der Waals surface area contributed by atoms with E-state index in [0.717, 1.165) is 0 Å². The van der Waals surface area contributed by atoms with Gasteiger partial charge in [-0.05, 0) is 48.5 Å². The van der Waals surface area contributed by atoms with Gasteiger partial charge in [0.25, 0.3) is 5.91 Å². The second-order valence-electron chi connectivity index (χ2n) is 4.68. The number of ether oxygens (including phenoxy) is 2. The Morgan fingerprint density at radius 1 is 1.04 bits per heavy atom. The van der Waals surface area contributed by atoms with Gasteiger partial charge in [-0.15, -0.1) is 0 Å². The molecule has 0 aromatic heterocycles. The van der Waals surface area contributed by atoms with Crippen molar-refractivity contribution in [2.45, 2.75) is 0 Å². The molecule has 23 heavy (non-hydrogen) atoms. The van der Waals surface area contributed by atoms with Crippen LogP contribution < -0.4 is 14.8 Å². The number of carbonyl (C=O) groups excluding carboxylic acids is 1. The largest absolute Gasteiger partial charge is 0.492 e. The number of halogens is 1. The van der Waals surface area contributed by atoms with Crippen molar-refractivity contribution in [3.8, 4) is 11.5 Å². The lowest BCUT2D eigenvalue weighted by Crippen LogP contribution is -2.28. The molecule has 0 atom stereocenters. The van der Waals surface area contributed by atoms with Crippen LogP contribution in [0.25, 0.3) is 0 Å². The molecule has 0 saturated heterocycles. The lowest BCUT2D eigenvalue weighted by molar-refractivity contribution is 0.0947. The van der Waals surface area contributed by atoms with E-state index in [1.807, 2.05) is 0 Å². The first kappa shape index (κ1) is 16.9. The van der Waals surface area contributed by atoms with Crippen molar-refractivity contribution in [1.29, 1.82) is 0 Å². The van der Waals surface area contributed by atoms with E-state index in [2.05, 4.69) is 11.9 Å². The van der Waals surface area contributed by atoms with Crippen LogP contribution in [0.15, 0.2) is 61.2 Å². The molecule has 0 saturated carbocycles. The first-order valence-electron chi connectivity index (χ1n) is 7.19. The van der Waals surface area contributed by atoms with Crippen LogP contribution in [0.2, 0.25) is 5.02 Å². The first-order valence-corrected chi connectivity index (χ1v) is 7.57. The zero-order chi connectivity index (χ0) is 16.5. The Balaban J connectivity index is 1.73. The van der Waals surface area contributed by atoms with E-state index in [-0.39, 0.29) is 5.91 Å². The van der Waals surface area contributed by atoms with E-state index >= 15 is 0 Å². The predicted octanol–water partition coefficient (Wildman–Crippen LogP) is 3.71. The van der Waals surface area contributed by atoms with Gasteiger partial charge in [-0.1, -0.05) is 24.3 Å². The third-order valence-electron chi connectivity index (χ3n) is 2.95. The summed E-state index contributed by atoms with van der Waals surface area (Å²) in [5.41, 5.74) is 0.572. The molecule has 0 bridgehead atoms. The Morgan fingerprint density at radius 2 is 1.65 bits per heavy atom. The molecule has 2 aromatic carbocycles. The molecule has 2 aromatic rings. The van der Waals surface area contributed by atoms with Crippen LogP contribution in [0.3, 0.4) is 0 Å². The number of amides is 1. The van der Waals surface area contributed by atoms with Gasteiger partial charge < -0.3 is 14.8 Å². The fraction of sp³-hybridized carbons (Fsp3) is 0.167. The molecule has 0 radical (unpaired) electrons. The molecule has 0 heterocycles. The Kier molecular flexibility index (Phi) is 6.51. The Bertz CT molecular complexity index is 638. The highest BCUT2D eigenvalue weighted by Gasteiger charge is 2.05. The molecule has 4 nitrogen and oxygen atoms in total. The minimum Gasteiger partial charge on any atom is -0.492 e. The van der Waals surface area contributed by atoms with E-state index in [1.54, 1.807) is 54.6 Å². The first-order chi connectivity index (χ1) is 11.2. The number of nitrogens with one attached hydrogen (secondary N) is 1. The topological polar surface area (TPSA) is 47.6 Å². The average molecular weight is 332 g/mol. The predicted molar refractivity (Wildman–Crippen MR) is 91.4 cm³/mol. The minimum absolute atomic E-state index is 0.153. The monoisotopic (exact) mass is 331 g/mol. The Morgan fingerprint density at radius 3 is 2.30 bits per heavy atom. The Labute approximate surface area is 140 Å². The molecule has 0 aliphatic rings. The number of hydrogen-bond donors (Lipinski definition) is 1. The van der Waals surface area contributed by atoms with Crippen LogP contribution in [0.1, 0.15) is 10.4 Å². The molecule has 5 heteroatoms. The zero-order valence-corrected chi connectivity index (χ0v) is 13.4. The van der Waals surface area contributed by atoms with Crippen LogP contribution in [-0.4, -0.2) is 25.7 Å². The van der Waals surface area contributed by atoms with Crippen LogP contribution in [0.4, 0.5) is 0 Å². The van der Waals surface area contributed by atoms with Gasteiger partial charge in [0.05, 0.1) is 6.54 Å². The highest BCUT2D eigenvalue weighted by molar-refractivity contribution is 6.30. The molecule has 1 N–H and O–H groups in total. The van der Waals surface area contributed by atoms with Crippen molar-refractivity contribution in [3.05, 3.63) is 71.8 Å². The molecule has 0 aliphatic carbocycles. The normalized spacial score (nSPS) is 9.96. The second kappa shape index (κ2) is 8.86. The summed E-state index contributed by atoms with van der Waals surface area (Å²) in [6.45, 7) is 4.82. The van der Waals surface area contributed by atoms with Crippen molar-refractivity contribution >= 4 is 17.5 Å². The fourth-order valence-electron chi connectivity index (χ4n) is 1.82. The number of hydrogen-bond acceptors (Lipinski definition) is 3. The van der Waals surface area contributed by atoms with Gasteiger partial charge in [-0.2, -0.15) is 0 Å². The van der Waals surface area contributed by atoms with E-state index in [9.17, 15) is 4.79 Å². The summed E-state index contributed by atoms with van der Waals surface area (Å²) in [4.78, 5) is 12.0. The standard InChI is InChI=1S/C18H18ClNO3/c1-2-12-22-16-7-3-14(4-8-16)18(21)20-11-13-23-17-9-5-15(19)6-10-17/h2-10H,1,11-13H2,(H,20,21). The van der Waals surface area contributed by atoms with Gasteiger partial charge in [-0.3, -0.25) is 4.79 Å². The van der Waals surface area contributed by atoms with Gasteiger partial charge in [0.2, 0.25) is 0 Å². The maximum absolute atomic E-state index is 12.0. The minimum atomic E-state index is -0.153. The third kappa shape index (κ3) is 5.68. The summed E-state index contributed by atoms with van der Waals surface area (Å²) in [6, 6.07) is 14.0. The van der Waals surface area contributed by atoms with Crippen molar-refractivity contribution < 1.29 is 14.3 Å². The molecule has 0 unspecified atom stereocenters. The van der Waals surface area contributed by atoms with E-state index in [1.165, 1.54) is 0 Å². The number of rotatable bonds is 8. The van der Waals surface area contributed by atoms with Crippen LogP contribution in [-0.2, 0) is 0 Å². The zero-order valence-electron chi connectivity index (χ0n) is 12.6. The van der Waals surface area contributed by atoms with Gasteiger partial charge in [0.1, 0.15) is 24.7 Å². The quantitative estimate of drug-likeness (QED) is 0.592. The highest BCUT2D eigenvalue weighted by Crippen LogP contribution is 2.15. The van der Waals surface area contributed by atoms with E-state index in [0.29, 0.717) is 41.8 Å². The molecule has 0 fully saturated rings. The number of benzene rings is 2. The molecule has 1 amide bonds. The van der Waals surface area contributed by atoms with E-state index in [4.69, 9.17) is 21.1 Å². The molecule has 0 spiro atoms. The van der Waals surface area contributed by atoms with Crippen LogP contribution in [0.5, 0.6) is 11.5 Å². The summed E-state index contributed by atoms with van der Waals surface area (Å²) < 4.78 is 10.9. The molecule has 2 rings (SSSR count). The van der Waals surface area contributed by atoms with Gasteiger partial charge >= 0.3 is 0 Å². The maximum atomic E-state index is 12.0. The SMILES string of the molecule is C=CCOc1ccc(C(=O)NCCOc2ccc(Cl)cc2)cc1. The second-order valence-corrected chi connectivity index (χ2v) is 5.12.